The summed E-state index contributed by atoms with van der Waals surface area (Å²) in [7, 11) is 0. The van der Waals surface area contributed by atoms with Gasteiger partial charge >= 0.3 is 0 Å². The van der Waals surface area contributed by atoms with Crippen molar-refractivity contribution in [1.29, 1.82) is 0 Å². The third kappa shape index (κ3) is 12.9. The highest BCUT2D eigenvalue weighted by molar-refractivity contribution is 6.13. The number of benzene rings is 16. The fourth-order valence-electron chi connectivity index (χ4n) is 18.1. The Kier molecular flexibility index (Phi) is 18.0. The molecule has 0 aliphatic rings. The van der Waals surface area contributed by atoms with E-state index in [1.807, 2.05) is 36.4 Å². The molecule has 16 aromatic carbocycles. The van der Waals surface area contributed by atoms with Gasteiger partial charge in [0.05, 0.1) is 67.3 Å². The zero-order valence-corrected chi connectivity index (χ0v) is 67.2. The van der Waals surface area contributed by atoms with E-state index in [4.69, 9.17) is 30.1 Å². The van der Waals surface area contributed by atoms with Crippen molar-refractivity contribution in [3.05, 3.63) is 449 Å². The molecule has 0 bridgehead atoms. The molecular formula is C114H74N10. The smallest absolute Gasteiger partial charge is 0.160 e. The lowest BCUT2D eigenvalue weighted by Gasteiger charge is -2.13. The van der Waals surface area contributed by atoms with Gasteiger partial charge in [0.2, 0.25) is 0 Å². The summed E-state index contributed by atoms with van der Waals surface area (Å²) >= 11 is 0. The Labute approximate surface area is 715 Å². The van der Waals surface area contributed by atoms with Crippen molar-refractivity contribution in [3.8, 4) is 146 Å². The van der Waals surface area contributed by atoms with Crippen LogP contribution in [0.2, 0.25) is 0 Å². The molecule has 0 fully saturated rings. The van der Waals surface area contributed by atoms with E-state index >= 15 is 0 Å². The largest absolute Gasteiger partial charge is 0.309 e. The molecule has 10 nitrogen and oxygen atoms in total. The Morgan fingerprint density at radius 2 is 0.468 bits per heavy atom. The van der Waals surface area contributed by atoms with Crippen molar-refractivity contribution >= 4 is 76.2 Å². The number of para-hydroxylation sites is 4. The topological polar surface area (TPSA) is 96.0 Å². The molecule has 0 N–H and O–H groups in total. The minimum atomic E-state index is 0.669. The summed E-state index contributed by atoms with van der Waals surface area (Å²) in [6.07, 6.45) is 0. The zero-order chi connectivity index (χ0) is 82.0. The van der Waals surface area contributed by atoms with Crippen molar-refractivity contribution in [2.24, 2.45) is 0 Å². The lowest BCUT2D eigenvalue weighted by Crippen LogP contribution is -1.98. The van der Waals surface area contributed by atoms with Gasteiger partial charge in [-0.25, -0.2) is 29.0 Å². The standard InChI is InChI=1S/2C57H37N5/c1-4-18-38(19-5-1)53-36-41-24-10-11-29-46(41)56-54(39-20-6-2-7-21-39)55(60-62(53)56)44-27-16-25-42(34-44)49-37-50(59-57(58-49)40-22-8-3-9-23-40)43-26-17-28-45(35-43)61-51-32-14-12-30-47(51)48-31-13-15-33-52(48)61;1-4-17-39(18-5-1)53-36-42-23-10-11-26-46(42)56-54(40-19-6-2-7-20-40)55(60-62(53)56)44-25-16-24-43(35-44)50-37-49(58-57(59-50)41-21-8-3-9-22-41)38-31-33-45(34-32-38)61-51-29-14-12-27-47(51)48-28-13-15-30-52(48)61/h2*1-37H. The number of aromatic nitrogens is 10. The van der Waals surface area contributed by atoms with E-state index in [9.17, 15) is 0 Å². The lowest BCUT2D eigenvalue weighted by atomic mass is 9.95. The number of hydrogen-bond acceptors (Lipinski definition) is 6. The van der Waals surface area contributed by atoms with Crippen LogP contribution in [0.4, 0.5) is 0 Å². The highest BCUT2D eigenvalue weighted by Gasteiger charge is 2.26. The number of pyridine rings is 2. The van der Waals surface area contributed by atoms with E-state index in [-0.39, 0.29) is 0 Å². The first-order valence-corrected chi connectivity index (χ1v) is 41.9. The van der Waals surface area contributed by atoms with Crippen LogP contribution in [0.1, 0.15) is 0 Å². The fourth-order valence-corrected chi connectivity index (χ4v) is 18.1. The minimum Gasteiger partial charge on any atom is -0.309 e. The monoisotopic (exact) mass is 1580 g/mol. The maximum absolute atomic E-state index is 5.51. The molecule has 124 heavy (non-hydrogen) atoms. The van der Waals surface area contributed by atoms with Crippen LogP contribution < -0.4 is 0 Å². The summed E-state index contributed by atoms with van der Waals surface area (Å²) in [6.45, 7) is 0. The SMILES string of the molecule is c1ccc(-c2nc(-c3ccc(-n4c5ccccc5c5ccccc54)cc3)cc(-c3cccc(-c4nn5c(-c6ccccc6)cc6ccccc6c5c4-c4ccccc4)c3)n2)cc1.c1ccc(-c2nc(-c3cccc(-c4nn5c(-c6ccccc6)cc6ccccc6c5c4-c4ccccc4)c3)cc(-c3cccc(-n4c5ccccc5c5ccccc54)c3)n2)cc1. The third-order valence-electron chi connectivity index (χ3n) is 23.9. The third-order valence-corrected chi connectivity index (χ3v) is 23.9. The Hall–Kier alpha value is -16.8. The average Bonchev–Trinajstić information content (AvgIpc) is 1.58. The first-order valence-electron chi connectivity index (χ1n) is 41.9. The van der Waals surface area contributed by atoms with Crippen LogP contribution in [0.15, 0.2) is 449 Å². The van der Waals surface area contributed by atoms with Gasteiger partial charge in [0.25, 0.3) is 0 Å². The molecule has 0 amide bonds. The van der Waals surface area contributed by atoms with Crippen molar-refractivity contribution in [1.82, 2.24) is 48.3 Å². The second-order valence-corrected chi connectivity index (χ2v) is 31.3. The van der Waals surface area contributed by atoms with Crippen LogP contribution in [0.5, 0.6) is 0 Å². The Balaban J connectivity index is 0.000000143. The first kappa shape index (κ1) is 72.4. The van der Waals surface area contributed by atoms with Gasteiger partial charge in [-0.1, -0.05) is 364 Å². The Bertz CT molecular complexity index is 8090. The maximum Gasteiger partial charge on any atom is 0.160 e. The quantitative estimate of drug-likeness (QED) is 0.108. The van der Waals surface area contributed by atoms with Crippen LogP contribution in [-0.2, 0) is 0 Å². The van der Waals surface area contributed by atoms with E-state index in [1.165, 1.54) is 54.4 Å². The van der Waals surface area contributed by atoms with Crippen LogP contribution in [0.25, 0.3) is 223 Å². The molecule has 0 saturated carbocycles. The van der Waals surface area contributed by atoms with Crippen molar-refractivity contribution in [2.75, 3.05) is 0 Å². The van der Waals surface area contributed by atoms with Gasteiger partial charge in [0.15, 0.2) is 11.6 Å². The molecule has 580 valence electrons. The average molecular weight is 1580 g/mol. The van der Waals surface area contributed by atoms with Gasteiger partial charge in [-0.3, -0.25) is 0 Å². The van der Waals surface area contributed by atoms with Gasteiger partial charge in [-0.05, 0) is 107 Å². The molecule has 0 atom stereocenters. The second kappa shape index (κ2) is 30.8. The molecule has 8 aromatic heterocycles. The van der Waals surface area contributed by atoms with Gasteiger partial charge in [-0.2, -0.15) is 10.2 Å². The maximum atomic E-state index is 5.51. The molecule has 0 aliphatic carbocycles. The summed E-state index contributed by atoms with van der Waals surface area (Å²) in [5, 5.41) is 20.6. The van der Waals surface area contributed by atoms with Crippen LogP contribution in [0, 0.1) is 0 Å². The lowest BCUT2D eigenvalue weighted by molar-refractivity contribution is 0.979. The molecule has 0 unspecified atom stereocenters. The van der Waals surface area contributed by atoms with Crippen molar-refractivity contribution in [3.63, 3.8) is 0 Å². The zero-order valence-electron chi connectivity index (χ0n) is 67.2. The van der Waals surface area contributed by atoms with Gasteiger partial charge in [0, 0.05) is 110 Å². The van der Waals surface area contributed by atoms with E-state index < -0.39 is 0 Å². The Morgan fingerprint density at radius 1 is 0.177 bits per heavy atom. The predicted molar refractivity (Wildman–Crippen MR) is 510 cm³/mol. The molecule has 24 rings (SSSR count). The minimum absolute atomic E-state index is 0.669. The number of rotatable bonds is 14. The molecule has 0 radical (unpaired) electrons. The summed E-state index contributed by atoms with van der Waals surface area (Å²) in [4.78, 5) is 20.9. The van der Waals surface area contributed by atoms with E-state index in [0.717, 1.165) is 157 Å². The normalized spacial score (nSPS) is 11.5. The van der Waals surface area contributed by atoms with E-state index in [0.29, 0.717) is 11.6 Å². The fraction of sp³-hybridized carbons (Fsp3) is 0. The van der Waals surface area contributed by atoms with E-state index in [2.05, 4.69) is 431 Å². The first-order chi connectivity index (χ1) is 61.5. The second-order valence-electron chi connectivity index (χ2n) is 31.3. The molecule has 0 aliphatic heterocycles. The van der Waals surface area contributed by atoms with Gasteiger partial charge in [0.1, 0.15) is 11.4 Å². The molecular weight excluding hydrogens is 1510 g/mol. The summed E-state index contributed by atoms with van der Waals surface area (Å²) in [6, 6.07) is 158. The highest BCUT2D eigenvalue weighted by atomic mass is 15.2. The van der Waals surface area contributed by atoms with Crippen molar-refractivity contribution < 1.29 is 0 Å². The number of nitrogens with zero attached hydrogens (tertiary/aromatic N) is 10. The predicted octanol–water partition coefficient (Wildman–Crippen LogP) is 28.8. The molecule has 10 heteroatoms. The number of fused-ring (bicyclic) bond motifs is 12. The number of hydrogen-bond donors (Lipinski definition) is 0. The molecule has 8 heterocycles. The van der Waals surface area contributed by atoms with Gasteiger partial charge < -0.3 is 9.13 Å². The summed E-state index contributed by atoms with van der Waals surface area (Å²) in [5.41, 5.74) is 30.8. The molecule has 0 spiro atoms. The van der Waals surface area contributed by atoms with Crippen LogP contribution >= 0.6 is 0 Å². The summed E-state index contributed by atoms with van der Waals surface area (Å²) < 4.78 is 8.97. The van der Waals surface area contributed by atoms with Crippen molar-refractivity contribution in [2.45, 2.75) is 0 Å². The highest BCUT2D eigenvalue weighted by Crippen LogP contribution is 2.46. The van der Waals surface area contributed by atoms with Crippen LogP contribution in [0.3, 0.4) is 0 Å². The molecule has 0 saturated heterocycles. The van der Waals surface area contributed by atoms with Gasteiger partial charge in [-0.15, -0.1) is 0 Å². The van der Waals surface area contributed by atoms with E-state index in [1.54, 1.807) is 0 Å². The summed E-state index contributed by atoms with van der Waals surface area (Å²) in [5.74, 6) is 1.34. The van der Waals surface area contributed by atoms with Crippen LogP contribution in [-0.4, -0.2) is 48.3 Å². The Morgan fingerprint density at radius 3 is 0.855 bits per heavy atom. The molecule has 24 aromatic rings.